The highest BCUT2D eigenvalue weighted by Gasteiger charge is 2.48. The number of phenols is 1. The zero-order valence-electron chi connectivity index (χ0n) is 18.8. The molecular formula is C22H25NO9S. The van der Waals surface area contributed by atoms with Crippen molar-refractivity contribution < 1.29 is 42.4 Å². The fourth-order valence-electron chi connectivity index (χ4n) is 4.83. The van der Waals surface area contributed by atoms with E-state index in [4.69, 9.17) is 18.9 Å². The molecule has 178 valence electrons. The zero-order chi connectivity index (χ0) is 24.2. The van der Waals surface area contributed by atoms with Gasteiger partial charge >= 0.3 is 0 Å². The van der Waals surface area contributed by atoms with Crippen molar-refractivity contribution >= 4 is 15.8 Å². The lowest BCUT2D eigenvalue weighted by atomic mass is 9.85. The summed E-state index contributed by atoms with van der Waals surface area (Å²) >= 11 is 0. The highest BCUT2D eigenvalue weighted by Crippen LogP contribution is 2.57. The molecule has 4 rings (SSSR count). The summed E-state index contributed by atoms with van der Waals surface area (Å²) in [6, 6.07) is 2.14. The third-order valence-electron chi connectivity index (χ3n) is 6.14. The first-order valence-corrected chi connectivity index (χ1v) is 11.9. The number of Topliss-reactive ketones (excluding diaryl/α,β-unsaturated/α-hetero) is 1. The Morgan fingerprint density at radius 2 is 1.61 bits per heavy atom. The minimum absolute atomic E-state index is 0.000503. The number of phenolic OH excluding ortho intramolecular Hbond substituents is 1. The van der Waals surface area contributed by atoms with E-state index in [1.807, 2.05) is 0 Å². The maximum atomic E-state index is 13.1. The normalized spacial score (nSPS) is 19.9. The fourth-order valence-corrected chi connectivity index (χ4v) is 5.96. The van der Waals surface area contributed by atoms with Crippen LogP contribution in [0.5, 0.6) is 28.7 Å². The lowest BCUT2D eigenvalue weighted by molar-refractivity contribution is 0.0245. The Balaban J connectivity index is 2.20. The molecule has 2 atom stereocenters. The lowest BCUT2D eigenvalue weighted by Crippen LogP contribution is -2.50. The van der Waals surface area contributed by atoms with Crippen molar-refractivity contribution in [1.29, 1.82) is 0 Å². The van der Waals surface area contributed by atoms with Gasteiger partial charge in [-0.1, -0.05) is 0 Å². The first kappa shape index (κ1) is 23.1. The fraction of sp³-hybridized carbons (Fsp3) is 0.409. The molecule has 1 aliphatic heterocycles. The molecular weight excluding hydrogens is 454 g/mol. The molecule has 0 saturated heterocycles. The smallest absolute Gasteiger partial charge is 0.214 e. The molecule has 0 spiro atoms. The monoisotopic (exact) mass is 479 g/mol. The second-order valence-electron chi connectivity index (χ2n) is 7.83. The van der Waals surface area contributed by atoms with Crippen molar-refractivity contribution in [2.24, 2.45) is 0 Å². The maximum absolute atomic E-state index is 13.1. The molecule has 33 heavy (non-hydrogen) atoms. The van der Waals surface area contributed by atoms with Gasteiger partial charge in [-0.05, 0) is 36.1 Å². The van der Waals surface area contributed by atoms with Gasteiger partial charge in [0.2, 0.25) is 21.6 Å². The summed E-state index contributed by atoms with van der Waals surface area (Å²) in [6.07, 6.45) is -0.400. The Bertz CT molecular complexity index is 1260. The van der Waals surface area contributed by atoms with Gasteiger partial charge in [0.05, 0.1) is 40.7 Å². The molecule has 1 heterocycles. The third kappa shape index (κ3) is 3.30. The van der Waals surface area contributed by atoms with E-state index in [1.165, 1.54) is 34.5 Å². The van der Waals surface area contributed by atoms with Crippen molar-refractivity contribution in [2.45, 2.75) is 25.1 Å². The summed E-state index contributed by atoms with van der Waals surface area (Å²) in [5.41, 5.74) is 1.65. The Hall–Kier alpha value is -3.02. The molecule has 0 aromatic heterocycles. The van der Waals surface area contributed by atoms with Crippen LogP contribution in [-0.4, -0.2) is 69.6 Å². The number of ether oxygens (including phenoxy) is 4. The topological polar surface area (TPSA) is 132 Å². The number of rotatable bonds is 5. The number of nitrogens with zero attached hydrogens (tertiary/aromatic N) is 1. The van der Waals surface area contributed by atoms with Crippen LogP contribution in [0, 0.1) is 0 Å². The molecule has 0 fully saturated rings. The van der Waals surface area contributed by atoms with Crippen LogP contribution in [0.1, 0.15) is 33.9 Å². The second-order valence-corrected chi connectivity index (χ2v) is 9.72. The van der Waals surface area contributed by atoms with E-state index >= 15 is 0 Å². The molecule has 11 heteroatoms. The van der Waals surface area contributed by atoms with Gasteiger partial charge in [0.15, 0.2) is 29.2 Å². The van der Waals surface area contributed by atoms with Gasteiger partial charge in [-0.2, -0.15) is 4.31 Å². The summed E-state index contributed by atoms with van der Waals surface area (Å²) < 4.78 is 48.0. The van der Waals surface area contributed by atoms with Crippen molar-refractivity contribution in [3.63, 3.8) is 0 Å². The standard InChI is InChI=1S/C22H25NO9S/c1-29-13-9-11-16-12(23(33(5,27)28)22(26)18(11)24)7-6-10-8-14(30-2)20(31-3)21(32-4)15(10)17(16)19(13)25/h8-9,12,22,25-26H,6-7H2,1-5H3/t12-,22?/m0/s1. The van der Waals surface area contributed by atoms with Crippen molar-refractivity contribution in [3.8, 4) is 39.9 Å². The average Bonchev–Trinajstić information content (AvgIpc) is 2.94. The number of fused-ring (bicyclic) bond motifs is 2. The summed E-state index contributed by atoms with van der Waals surface area (Å²) in [5, 5.41) is 21.9. The van der Waals surface area contributed by atoms with Crippen LogP contribution in [0.3, 0.4) is 0 Å². The van der Waals surface area contributed by atoms with Crippen LogP contribution < -0.4 is 18.9 Å². The van der Waals surface area contributed by atoms with Crippen LogP contribution in [0.4, 0.5) is 0 Å². The molecule has 1 unspecified atom stereocenters. The number of aromatic hydroxyl groups is 1. The van der Waals surface area contributed by atoms with Crippen LogP contribution in [0.2, 0.25) is 0 Å². The molecule has 1 aliphatic carbocycles. The zero-order valence-corrected chi connectivity index (χ0v) is 19.6. The minimum atomic E-state index is -4.00. The summed E-state index contributed by atoms with van der Waals surface area (Å²) in [4.78, 5) is 13.1. The van der Waals surface area contributed by atoms with Gasteiger partial charge in [-0.15, -0.1) is 0 Å². The molecule has 0 amide bonds. The van der Waals surface area contributed by atoms with Crippen molar-refractivity contribution in [3.05, 3.63) is 28.8 Å². The number of carbonyl (C=O) groups is 1. The lowest BCUT2D eigenvalue weighted by Gasteiger charge is -2.38. The SMILES string of the molecule is COc1cc2c3c(c1O)-c1c(cc(OC)c(OC)c1OC)CC[C@@H]3N(S(C)(=O)=O)C(O)C2=O. The van der Waals surface area contributed by atoms with Crippen LogP contribution >= 0.6 is 0 Å². The summed E-state index contributed by atoms with van der Waals surface area (Å²) in [6.45, 7) is 0. The van der Waals surface area contributed by atoms with E-state index in [2.05, 4.69) is 0 Å². The number of aliphatic hydroxyl groups is 1. The average molecular weight is 480 g/mol. The second kappa shape index (κ2) is 8.08. The quantitative estimate of drug-likeness (QED) is 0.659. The highest BCUT2D eigenvalue weighted by molar-refractivity contribution is 7.88. The predicted octanol–water partition coefficient (Wildman–Crippen LogP) is 1.86. The number of hydrogen-bond donors (Lipinski definition) is 2. The Morgan fingerprint density at radius 3 is 2.15 bits per heavy atom. The van der Waals surface area contributed by atoms with E-state index in [-0.39, 0.29) is 46.1 Å². The van der Waals surface area contributed by atoms with Gasteiger partial charge in [0.1, 0.15) is 0 Å². The summed E-state index contributed by atoms with van der Waals surface area (Å²) in [7, 11) is 1.69. The van der Waals surface area contributed by atoms with Crippen LogP contribution in [-0.2, 0) is 16.4 Å². The molecule has 2 aromatic rings. The minimum Gasteiger partial charge on any atom is -0.504 e. The third-order valence-corrected chi connectivity index (χ3v) is 7.36. The van der Waals surface area contributed by atoms with E-state index in [1.54, 1.807) is 6.07 Å². The number of hydrogen-bond acceptors (Lipinski definition) is 9. The molecule has 2 N–H and O–H groups in total. The number of benzene rings is 2. The van der Waals surface area contributed by atoms with Gasteiger partial charge in [-0.3, -0.25) is 4.79 Å². The molecule has 0 radical (unpaired) electrons. The van der Waals surface area contributed by atoms with E-state index < -0.39 is 28.1 Å². The molecule has 0 saturated carbocycles. The van der Waals surface area contributed by atoms with E-state index in [9.17, 15) is 23.4 Å². The van der Waals surface area contributed by atoms with Crippen molar-refractivity contribution in [2.75, 3.05) is 34.7 Å². The molecule has 2 aliphatic rings. The van der Waals surface area contributed by atoms with Gasteiger partial charge in [-0.25, -0.2) is 8.42 Å². The van der Waals surface area contributed by atoms with E-state index in [0.717, 1.165) is 10.6 Å². The van der Waals surface area contributed by atoms with Gasteiger partial charge in [0.25, 0.3) is 0 Å². The number of aliphatic hydroxyl groups excluding tert-OH is 1. The van der Waals surface area contributed by atoms with Crippen molar-refractivity contribution in [1.82, 2.24) is 4.31 Å². The predicted molar refractivity (Wildman–Crippen MR) is 118 cm³/mol. The number of ketones is 1. The van der Waals surface area contributed by atoms with Gasteiger partial charge < -0.3 is 29.2 Å². The van der Waals surface area contributed by atoms with Crippen LogP contribution in [0.15, 0.2) is 12.1 Å². The first-order valence-electron chi connectivity index (χ1n) is 10.1. The van der Waals surface area contributed by atoms with Crippen LogP contribution in [0.25, 0.3) is 11.1 Å². The number of sulfonamides is 1. The molecule has 0 bridgehead atoms. The first-order chi connectivity index (χ1) is 15.6. The number of carbonyl (C=O) groups excluding carboxylic acids is 1. The molecule has 2 aromatic carbocycles. The Morgan fingerprint density at radius 1 is 0.970 bits per heavy atom. The number of methoxy groups -OCH3 is 4. The Kier molecular flexibility index (Phi) is 5.67. The largest absolute Gasteiger partial charge is 0.504 e. The maximum Gasteiger partial charge on any atom is 0.214 e. The Labute approximate surface area is 191 Å². The molecule has 10 nitrogen and oxygen atoms in total. The summed E-state index contributed by atoms with van der Waals surface area (Å²) in [5.74, 6) is -0.179. The number of aryl methyl sites for hydroxylation is 1. The van der Waals surface area contributed by atoms with Gasteiger partial charge in [0, 0.05) is 16.7 Å². The highest BCUT2D eigenvalue weighted by atomic mass is 32.2. The van der Waals surface area contributed by atoms with E-state index in [0.29, 0.717) is 23.3 Å².